The van der Waals surface area contributed by atoms with Gasteiger partial charge < -0.3 is 39.1 Å². The van der Waals surface area contributed by atoms with Crippen LogP contribution in [0, 0.1) is 13.8 Å². The molecule has 4 aromatic heterocycles. The Morgan fingerprint density at radius 2 is 1.13 bits per heavy atom. The first-order valence-corrected chi connectivity index (χ1v) is 41.2. The van der Waals surface area contributed by atoms with Crippen LogP contribution >= 0.6 is 99.9 Å². The third-order valence-electron chi connectivity index (χ3n) is 8.22. The van der Waals surface area contributed by atoms with Crippen molar-refractivity contribution in [2.75, 3.05) is 24.9 Å². The van der Waals surface area contributed by atoms with Crippen LogP contribution in [0.4, 0.5) is 11.9 Å². The first-order valence-electron chi connectivity index (χ1n) is 18.7. The summed E-state index contributed by atoms with van der Waals surface area (Å²) in [7, 11) is 3.91. The number of nitrogens with one attached hydrogen (secondary N) is 2. The van der Waals surface area contributed by atoms with Crippen LogP contribution in [0.5, 0.6) is 11.5 Å². The van der Waals surface area contributed by atoms with E-state index in [1.165, 1.54) is 0 Å². The molecule has 21 heteroatoms. The standard InChI is InChI=1S/C18H23N5O2.C18H21N5O2.2C2H5.5HI.2V/c2*1-11(2)15-9-19-23-17(15)21-16(10-24)22-18(23)20-12(3)13-6-5-7-14(8-13)25-4;2*1-2;;;;;;;/h5-9,11-12,24H,10H2,1-4H3,(H,20,21,22);5-12H,1-4H3,(H,20,21,22);2*1H2,2H3;5*1H;;/q;;2*-1;;;;;;+2;+3/p-5/t2*12-;;;;;;;;;/m00........./s1. The molecule has 0 saturated carbocycles. The zero-order valence-corrected chi connectivity index (χ0v) is 49.4. The average molecular weight is 1480 g/mol. The molecule has 14 nitrogen and oxygen atoms in total. The number of rotatable bonds is 12. The van der Waals surface area contributed by atoms with Crippen LogP contribution in [0.15, 0.2) is 60.9 Å². The Morgan fingerprint density at radius 3 is 1.49 bits per heavy atom. The number of fused-ring (bicyclic) bond motifs is 2. The third kappa shape index (κ3) is 18.9. The summed E-state index contributed by atoms with van der Waals surface area (Å²) in [6.07, 6.45) is 4.22. The number of aldehydes is 1. The topological polar surface area (TPSA) is 166 Å². The van der Waals surface area contributed by atoms with Crippen LogP contribution in [0.2, 0.25) is 0 Å². The number of carbonyl (C=O) groups is 1. The Bertz CT molecular complexity index is 2180. The quantitative estimate of drug-likeness (QED) is 0.0604. The van der Waals surface area contributed by atoms with Crippen LogP contribution in [-0.4, -0.2) is 64.8 Å². The van der Waals surface area contributed by atoms with Crippen LogP contribution < -0.4 is 20.1 Å². The van der Waals surface area contributed by atoms with Gasteiger partial charge in [0.1, 0.15) is 18.1 Å². The molecule has 0 spiro atoms. The molecule has 0 aliphatic carbocycles. The van der Waals surface area contributed by atoms with E-state index in [1.54, 1.807) is 49.5 Å². The molecule has 6 aromatic rings. The molecule has 0 radical (unpaired) electrons. The van der Waals surface area contributed by atoms with E-state index in [4.69, 9.17) is 9.47 Å². The van der Waals surface area contributed by atoms with Gasteiger partial charge in [-0.2, -0.15) is 43.0 Å². The summed E-state index contributed by atoms with van der Waals surface area (Å²) in [5.74, 6) is 3.65. The van der Waals surface area contributed by atoms with E-state index < -0.39 is 0 Å². The number of benzene rings is 2. The summed E-state index contributed by atoms with van der Waals surface area (Å²) in [6.45, 7) is 22.1. The Balaban J connectivity index is 0.000000494. The molecule has 0 aliphatic rings. The van der Waals surface area contributed by atoms with Gasteiger partial charge in [0.25, 0.3) is 0 Å². The van der Waals surface area contributed by atoms with Crippen LogP contribution in [0.1, 0.15) is 118 Å². The third-order valence-corrected chi connectivity index (χ3v) is 8.22. The number of hydrogen-bond donors (Lipinski definition) is 3. The van der Waals surface area contributed by atoms with Gasteiger partial charge in [-0.1, -0.05) is 52.0 Å². The Hall–Kier alpha value is -0.811. The molecule has 0 unspecified atom stereocenters. The van der Waals surface area contributed by atoms with E-state index in [0.29, 0.717) is 39.1 Å². The number of hydrogen-bond acceptors (Lipinski definition) is 12. The van der Waals surface area contributed by atoms with E-state index >= 15 is 0 Å². The second-order valence-electron chi connectivity index (χ2n) is 12.7. The molecule has 335 valence electrons. The first-order chi connectivity index (χ1) is 29.2. The molecule has 2 atom stereocenters. The van der Waals surface area contributed by atoms with Gasteiger partial charge in [0.2, 0.25) is 11.9 Å². The van der Waals surface area contributed by atoms with Crippen molar-refractivity contribution in [1.29, 1.82) is 0 Å². The average Bonchev–Trinajstić information content (AvgIpc) is 3.91. The Kier molecular flexibility index (Phi) is 30.5. The minimum absolute atomic E-state index is 0.0218. The predicted molar refractivity (Wildman–Crippen MR) is 283 cm³/mol. The fraction of sp³-hybridized carbons (Fsp3) is 0.375. The summed E-state index contributed by atoms with van der Waals surface area (Å²) in [6, 6.07) is 15.6. The van der Waals surface area contributed by atoms with Gasteiger partial charge in [-0.05, 0) is 61.1 Å². The molecule has 2 aromatic carbocycles. The Morgan fingerprint density at radius 1 is 0.738 bits per heavy atom. The van der Waals surface area contributed by atoms with Crippen LogP contribution in [0.25, 0.3) is 11.3 Å². The van der Waals surface area contributed by atoms with Gasteiger partial charge in [-0.3, -0.25) is 4.79 Å². The summed E-state index contributed by atoms with van der Waals surface area (Å²) in [5.41, 5.74) is 5.46. The molecule has 4 heterocycles. The van der Waals surface area contributed by atoms with Crippen molar-refractivity contribution in [3.63, 3.8) is 0 Å². The van der Waals surface area contributed by atoms with Gasteiger partial charge in [0.15, 0.2) is 29.2 Å². The number of nitrogens with zero attached hydrogens (tertiary/aromatic N) is 8. The Labute approximate surface area is 427 Å². The number of carbonyl (C=O) groups excluding carboxylic acids is 1. The van der Waals surface area contributed by atoms with E-state index in [0.717, 1.165) is 39.4 Å². The summed E-state index contributed by atoms with van der Waals surface area (Å²) in [5, 5.41) is 25.0. The van der Waals surface area contributed by atoms with E-state index in [9.17, 15) is 9.90 Å². The fourth-order valence-electron chi connectivity index (χ4n) is 5.35. The molecule has 0 saturated heterocycles. The van der Waals surface area contributed by atoms with E-state index in [-0.39, 0.29) is 41.3 Å². The number of halogens is 5. The van der Waals surface area contributed by atoms with Crippen LogP contribution in [0.3, 0.4) is 0 Å². The normalized spacial score (nSPS) is 11.2. The van der Waals surface area contributed by atoms with Crippen molar-refractivity contribution in [3.05, 3.63) is 109 Å². The van der Waals surface area contributed by atoms with E-state index in [2.05, 4.69) is 182 Å². The van der Waals surface area contributed by atoms with Crippen molar-refractivity contribution in [2.45, 2.75) is 85.9 Å². The van der Waals surface area contributed by atoms with Crippen molar-refractivity contribution < 1.29 is 33.8 Å². The molecule has 3 N–H and O–H groups in total. The molecule has 0 amide bonds. The molecular formula is C40H54I5N10O4V2-2. The van der Waals surface area contributed by atoms with Crippen molar-refractivity contribution in [2.24, 2.45) is 0 Å². The van der Waals surface area contributed by atoms with Gasteiger partial charge in [0, 0.05) is 11.1 Å². The van der Waals surface area contributed by atoms with Gasteiger partial charge in [0.05, 0.1) is 38.7 Å². The molecule has 0 fully saturated rings. The second kappa shape index (κ2) is 32.0. The zero-order chi connectivity index (χ0) is 46.2. The summed E-state index contributed by atoms with van der Waals surface area (Å²) >= 11 is 12.1. The van der Waals surface area contributed by atoms with Crippen molar-refractivity contribution >= 4 is 129 Å². The molecule has 0 aliphatic heterocycles. The summed E-state index contributed by atoms with van der Waals surface area (Å²) < 4.78 is 13.9. The number of methoxy groups -OCH3 is 2. The zero-order valence-electron chi connectivity index (χ0n) is 35.8. The number of anilines is 2. The molecule has 6 rings (SSSR count). The van der Waals surface area contributed by atoms with Gasteiger partial charge >= 0.3 is 114 Å². The van der Waals surface area contributed by atoms with Crippen molar-refractivity contribution in [3.8, 4) is 11.5 Å². The number of aliphatic hydroxyl groups excluding tert-OH is 1. The maximum atomic E-state index is 11.2. The second-order valence-corrected chi connectivity index (χ2v) is 59.8. The summed E-state index contributed by atoms with van der Waals surface area (Å²) in [4.78, 5) is 28.4. The minimum atomic E-state index is -0.278. The fourth-order valence-corrected chi connectivity index (χ4v) is 5.35. The predicted octanol–water partition coefficient (Wildman–Crippen LogP) is 12.3. The number of ether oxygens (including phenoxy) is 2. The van der Waals surface area contributed by atoms with Crippen molar-refractivity contribution in [1.82, 2.24) is 39.2 Å². The van der Waals surface area contributed by atoms with Gasteiger partial charge in [-0.25, -0.2) is 9.97 Å². The molecule has 0 bridgehead atoms. The number of aromatic nitrogens is 8. The number of aliphatic hydroxyl groups is 1. The van der Waals surface area contributed by atoms with E-state index in [1.807, 2.05) is 62.4 Å². The first kappa shape index (κ1) is 58.2. The van der Waals surface area contributed by atoms with Crippen LogP contribution in [-0.2, 0) is 21.0 Å². The molecule has 61 heavy (non-hydrogen) atoms. The monoisotopic (exact) mass is 1470 g/mol. The SMILES string of the molecule is COc1cccc([C@H](C)Nc2nc(C=O)nc3c(C(C)C)cnn23)c1.COc1cccc([C@H](C)Nc2nc(CO)nc3c(C(C)C)cnn23)c1.[CH2-]C.[CH2-]C.[I][V]([I])[I].[I][V][I]. The van der Waals surface area contributed by atoms with Gasteiger partial charge in [-0.15, -0.1) is 0 Å². The molecular weight excluding hydrogens is 1420 g/mol. The maximum absolute atomic E-state index is 11.2.